The van der Waals surface area contributed by atoms with Crippen LogP contribution in [-0.2, 0) is 10.0 Å². The molecule has 20 heavy (non-hydrogen) atoms. The lowest BCUT2D eigenvalue weighted by Crippen LogP contribution is -2.16. The van der Waals surface area contributed by atoms with E-state index in [1.807, 2.05) is 0 Å². The first-order chi connectivity index (χ1) is 9.62. The summed E-state index contributed by atoms with van der Waals surface area (Å²) >= 11 is 1.10. The van der Waals surface area contributed by atoms with Gasteiger partial charge < -0.3 is 5.32 Å². The fourth-order valence-electron chi connectivity index (χ4n) is 1.77. The molecule has 3 aromatic rings. The van der Waals surface area contributed by atoms with Gasteiger partial charge in [-0.1, -0.05) is 17.4 Å². The molecule has 0 spiro atoms. The summed E-state index contributed by atoms with van der Waals surface area (Å²) in [5.74, 6) is 0.271. The number of imidazole rings is 1. The summed E-state index contributed by atoms with van der Waals surface area (Å²) in [6.45, 7) is 0. The lowest BCUT2D eigenvalue weighted by molar-refractivity contribution is 0.597. The molecule has 0 atom stereocenters. The molecule has 3 rings (SSSR count). The third-order valence-electron chi connectivity index (χ3n) is 2.56. The van der Waals surface area contributed by atoms with E-state index >= 15 is 0 Å². The number of pyridine rings is 1. The standard InChI is InChI=1S/C10H10N6O2S2/c1-11-8-9(16-5-3-2-4-7(16)13-8)20(17,18)15-10-14-12-6-19-10/h2-6,11H,1H3,(H,14,15). The second-order valence-corrected chi connectivity index (χ2v) is 6.22. The topological polar surface area (TPSA) is 101 Å². The molecule has 8 nitrogen and oxygen atoms in total. The Morgan fingerprint density at radius 1 is 1.35 bits per heavy atom. The largest absolute Gasteiger partial charge is 0.371 e. The minimum Gasteiger partial charge on any atom is -0.371 e. The third-order valence-corrected chi connectivity index (χ3v) is 4.66. The maximum absolute atomic E-state index is 12.5. The van der Waals surface area contributed by atoms with Gasteiger partial charge in [0.15, 0.2) is 5.82 Å². The van der Waals surface area contributed by atoms with Crippen molar-refractivity contribution in [3.05, 3.63) is 29.9 Å². The van der Waals surface area contributed by atoms with E-state index < -0.39 is 10.0 Å². The van der Waals surface area contributed by atoms with Crippen molar-refractivity contribution in [1.29, 1.82) is 0 Å². The van der Waals surface area contributed by atoms with Crippen LogP contribution in [0.4, 0.5) is 10.9 Å². The Morgan fingerprint density at radius 3 is 2.90 bits per heavy atom. The molecule has 10 heteroatoms. The summed E-state index contributed by atoms with van der Waals surface area (Å²) in [5, 5.41) is 10.3. The van der Waals surface area contributed by atoms with Crippen molar-refractivity contribution in [2.75, 3.05) is 17.1 Å². The van der Waals surface area contributed by atoms with Crippen LogP contribution >= 0.6 is 11.3 Å². The Kier molecular flexibility index (Phi) is 3.03. The number of nitrogens with zero attached hydrogens (tertiary/aromatic N) is 4. The second-order valence-electron chi connectivity index (χ2n) is 3.79. The fraction of sp³-hybridized carbons (Fsp3) is 0.100. The van der Waals surface area contributed by atoms with Gasteiger partial charge in [0.1, 0.15) is 11.2 Å². The molecule has 2 N–H and O–H groups in total. The summed E-state index contributed by atoms with van der Waals surface area (Å²) < 4.78 is 28.8. The molecule has 0 aromatic carbocycles. The third kappa shape index (κ3) is 2.08. The molecule has 0 aliphatic heterocycles. The van der Waals surface area contributed by atoms with Crippen LogP contribution in [0, 0.1) is 0 Å². The molecular weight excluding hydrogens is 300 g/mol. The Morgan fingerprint density at radius 2 is 2.20 bits per heavy atom. The summed E-state index contributed by atoms with van der Waals surface area (Å²) in [7, 11) is -2.20. The predicted octanol–water partition coefficient (Wildman–Crippen LogP) is 1.03. The Labute approximate surface area is 118 Å². The van der Waals surface area contributed by atoms with Crippen molar-refractivity contribution in [2.24, 2.45) is 0 Å². The van der Waals surface area contributed by atoms with Crippen LogP contribution in [0.3, 0.4) is 0 Å². The number of sulfonamides is 1. The van der Waals surface area contributed by atoms with Gasteiger partial charge in [0.25, 0.3) is 10.0 Å². The van der Waals surface area contributed by atoms with Gasteiger partial charge in [-0.3, -0.25) is 9.12 Å². The van der Waals surface area contributed by atoms with E-state index in [4.69, 9.17) is 0 Å². The monoisotopic (exact) mass is 310 g/mol. The average Bonchev–Trinajstić information content (AvgIpc) is 3.04. The first-order valence-corrected chi connectivity index (χ1v) is 7.92. The number of nitrogens with one attached hydrogen (secondary N) is 2. The number of fused-ring (bicyclic) bond motifs is 1. The highest BCUT2D eigenvalue weighted by Crippen LogP contribution is 2.24. The quantitative estimate of drug-likeness (QED) is 0.746. The van der Waals surface area contributed by atoms with E-state index in [1.165, 1.54) is 9.91 Å². The Hall–Kier alpha value is -2.20. The van der Waals surface area contributed by atoms with Crippen LogP contribution in [0.1, 0.15) is 0 Å². The zero-order chi connectivity index (χ0) is 14.2. The van der Waals surface area contributed by atoms with Gasteiger partial charge in [0.05, 0.1) is 0 Å². The van der Waals surface area contributed by atoms with E-state index in [-0.39, 0.29) is 16.0 Å². The highest BCUT2D eigenvalue weighted by molar-refractivity contribution is 7.93. The molecule has 0 fully saturated rings. The van der Waals surface area contributed by atoms with Gasteiger partial charge in [-0.2, -0.15) is 8.42 Å². The zero-order valence-electron chi connectivity index (χ0n) is 10.3. The normalized spacial score (nSPS) is 11.7. The number of hydrogen-bond acceptors (Lipinski definition) is 7. The molecule has 0 saturated heterocycles. The number of aromatic nitrogens is 4. The van der Waals surface area contributed by atoms with Gasteiger partial charge in [0.2, 0.25) is 10.2 Å². The number of rotatable bonds is 4. The molecule has 104 valence electrons. The van der Waals surface area contributed by atoms with Gasteiger partial charge in [-0.05, 0) is 12.1 Å². The number of hydrogen-bond donors (Lipinski definition) is 2. The van der Waals surface area contributed by atoms with E-state index in [1.54, 1.807) is 31.4 Å². The van der Waals surface area contributed by atoms with Crippen molar-refractivity contribution >= 4 is 38.0 Å². The van der Waals surface area contributed by atoms with Crippen molar-refractivity contribution in [1.82, 2.24) is 19.6 Å². The molecule has 3 aromatic heterocycles. The molecule has 0 radical (unpaired) electrons. The molecule has 0 bridgehead atoms. The van der Waals surface area contributed by atoms with Crippen LogP contribution in [0.5, 0.6) is 0 Å². The molecule has 0 saturated carbocycles. The van der Waals surface area contributed by atoms with Crippen molar-refractivity contribution in [3.63, 3.8) is 0 Å². The first kappa shape index (κ1) is 12.8. The van der Waals surface area contributed by atoms with Crippen molar-refractivity contribution in [3.8, 4) is 0 Å². The lowest BCUT2D eigenvalue weighted by Gasteiger charge is -2.06. The van der Waals surface area contributed by atoms with Crippen LogP contribution in [-0.4, -0.2) is 35.0 Å². The minimum atomic E-state index is -3.81. The fourth-order valence-corrected chi connectivity index (χ4v) is 3.77. The molecule has 3 heterocycles. The summed E-state index contributed by atoms with van der Waals surface area (Å²) in [5.41, 5.74) is 1.99. The van der Waals surface area contributed by atoms with Gasteiger partial charge in [0, 0.05) is 13.2 Å². The average molecular weight is 310 g/mol. The minimum absolute atomic E-state index is 0.0331. The van der Waals surface area contributed by atoms with Crippen LogP contribution in [0.25, 0.3) is 5.65 Å². The van der Waals surface area contributed by atoms with E-state index in [9.17, 15) is 8.42 Å². The summed E-state index contributed by atoms with van der Waals surface area (Å²) in [4.78, 5) is 4.23. The van der Waals surface area contributed by atoms with Crippen LogP contribution in [0.2, 0.25) is 0 Å². The van der Waals surface area contributed by atoms with Crippen molar-refractivity contribution in [2.45, 2.75) is 5.03 Å². The van der Waals surface area contributed by atoms with Crippen LogP contribution in [0.15, 0.2) is 34.9 Å². The molecule has 0 aliphatic rings. The Balaban J connectivity index is 2.17. The van der Waals surface area contributed by atoms with Crippen molar-refractivity contribution < 1.29 is 8.42 Å². The molecule has 0 amide bonds. The summed E-state index contributed by atoms with van der Waals surface area (Å²) in [6.07, 6.45) is 1.64. The molecular formula is C10H10N6O2S2. The summed E-state index contributed by atoms with van der Waals surface area (Å²) in [6, 6.07) is 5.25. The van der Waals surface area contributed by atoms with Crippen LogP contribution < -0.4 is 10.0 Å². The Bertz CT molecular complexity index is 840. The lowest BCUT2D eigenvalue weighted by atomic mass is 10.5. The maximum Gasteiger partial charge on any atom is 0.283 e. The molecule has 0 unspecified atom stereocenters. The SMILES string of the molecule is CNc1nc2ccccn2c1S(=O)(=O)Nc1nncs1. The second kappa shape index (κ2) is 4.72. The predicted molar refractivity (Wildman–Crippen MR) is 75.5 cm³/mol. The first-order valence-electron chi connectivity index (χ1n) is 5.55. The number of anilines is 2. The highest BCUT2D eigenvalue weighted by atomic mass is 32.2. The highest BCUT2D eigenvalue weighted by Gasteiger charge is 2.25. The smallest absolute Gasteiger partial charge is 0.283 e. The van der Waals surface area contributed by atoms with Gasteiger partial charge in [-0.25, -0.2) is 4.98 Å². The zero-order valence-corrected chi connectivity index (χ0v) is 11.9. The molecule has 0 aliphatic carbocycles. The van der Waals surface area contributed by atoms with E-state index in [0.29, 0.717) is 5.65 Å². The van der Waals surface area contributed by atoms with Gasteiger partial charge >= 0.3 is 0 Å². The maximum atomic E-state index is 12.5. The van der Waals surface area contributed by atoms with Gasteiger partial charge in [-0.15, -0.1) is 10.2 Å². The van der Waals surface area contributed by atoms with E-state index in [2.05, 4.69) is 25.2 Å². The van der Waals surface area contributed by atoms with E-state index in [0.717, 1.165) is 11.3 Å².